The van der Waals surface area contributed by atoms with E-state index in [4.69, 9.17) is 4.74 Å². The summed E-state index contributed by atoms with van der Waals surface area (Å²) in [6.45, 7) is 8.05. The third-order valence-corrected chi connectivity index (χ3v) is 9.58. The van der Waals surface area contributed by atoms with Crippen molar-refractivity contribution in [3.05, 3.63) is 0 Å². The molecular formula is C27H47N3O4. The van der Waals surface area contributed by atoms with Crippen LogP contribution in [0.4, 0.5) is 0 Å². The summed E-state index contributed by atoms with van der Waals surface area (Å²) in [5.41, 5.74) is 0. The van der Waals surface area contributed by atoms with Gasteiger partial charge in [-0.25, -0.2) is 0 Å². The maximum atomic E-state index is 13.7. The second-order valence-corrected chi connectivity index (χ2v) is 12.1. The Bertz CT molecular complexity index is 666. The lowest BCUT2D eigenvalue weighted by Crippen LogP contribution is -2.52. The fourth-order valence-electron chi connectivity index (χ4n) is 7.64. The Morgan fingerprint density at radius 2 is 1.65 bits per heavy atom. The van der Waals surface area contributed by atoms with Gasteiger partial charge < -0.3 is 30.1 Å². The number of aliphatic hydroxyl groups excluding tert-OH is 2. The standard InChI is InChI=1S/C27H47N3O4/c31-23-13-24(32)26(25(14-23)34-18-19-4-2-1-3-5-19)27(33)30-16-21-7-6-20(12-22(21)17-30)15-29-10-8-28-9-11-29/h19-26,28,31-32H,1-18H2. The molecule has 7 atom stereocenters. The van der Waals surface area contributed by atoms with Crippen LogP contribution in [0.25, 0.3) is 0 Å². The van der Waals surface area contributed by atoms with Gasteiger partial charge in [0.05, 0.1) is 24.2 Å². The number of aliphatic hydroxyl groups is 2. The van der Waals surface area contributed by atoms with E-state index in [1.165, 1.54) is 57.9 Å². The Morgan fingerprint density at radius 3 is 2.44 bits per heavy atom. The number of hydrogen-bond acceptors (Lipinski definition) is 6. The summed E-state index contributed by atoms with van der Waals surface area (Å²) >= 11 is 0. The molecule has 5 fully saturated rings. The van der Waals surface area contributed by atoms with Gasteiger partial charge in [0.25, 0.3) is 0 Å². The van der Waals surface area contributed by atoms with E-state index in [2.05, 4.69) is 10.2 Å². The number of rotatable bonds is 6. The highest BCUT2D eigenvalue weighted by atomic mass is 16.5. The first kappa shape index (κ1) is 24.9. The van der Waals surface area contributed by atoms with Crippen molar-refractivity contribution < 1.29 is 19.7 Å². The predicted octanol–water partition coefficient (Wildman–Crippen LogP) is 1.86. The second-order valence-electron chi connectivity index (χ2n) is 12.1. The minimum absolute atomic E-state index is 0.0705. The molecule has 194 valence electrons. The van der Waals surface area contributed by atoms with Gasteiger partial charge in [-0.2, -0.15) is 0 Å². The van der Waals surface area contributed by atoms with Crippen molar-refractivity contribution in [2.75, 3.05) is 52.4 Å². The Kier molecular flexibility index (Phi) is 8.47. The van der Waals surface area contributed by atoms with Crippen molar-refractivity contribution in [1.82, 2.24) is 15.1 Å². The summed E-state index contributed by atoms with van der Waals surface area (Å²) in [5, 5.41) is 24.6. The number of carbonyl (C=O) groups is 1. The topological polar surface area (TPSA) is 85.3 Å². The molecule has 0 bridgehead atoms. The molecule has 0 spiro atoms. The fourth-order valence-corrected chi connectivity index (χ4v) is 7.64. The van der Waals surface area contributed by atoms with Crippen molar-refractivity contribution in [1.29, 1.82) is 0 Å². The Hall–Kier alpha value is -0.730. The van der Waals surface area contributed by atoms with Gasteiger partial charge in [0.1, 0.15) is 0 Å². The molecule has 3 saturated carbocycles. The van der Waals surface area contributed by atoms with Gasteiger partial charge in [-0.3, -0.25) is 4.79 Å². The van der Waals surface area contributed by atoms with E-state index in [9.17, 15) is 15.0 Å². The molecule has 2 heterocycles. The van der Waals surface area contributed by atoms with Crippen molar-refractivity contribution in [3.8, 4) is 0 Å². The molecule has 0 aromatic heterocycles. The van der Waals surface area contributed by atoms with Crippen LogP contribution in [0.1, 0.15) is 64.2 Å². The lowest BCUT2D eigenvalue weighted by Gasteiger charge is -2.39. The summed E-state index contributed by atoms with van der Waals surface area (Å²) in [6, 6.07) is 0. The van der Waals surface area contributed by atoms with Crippen molar-refractivity contribution in [2.24, 2.45) is 29.6 Å². The first-order chi connectivity index (χ1) is 16.6. The number of nitrogens with zero attached hydrogens (tertiary/aromatic N) is 2. The monoisotopic (exact) mass is 477 g/mol. The van der Waals surface area contributed by atoms with Crippen LogP contribution >= 0.6 is 0 Å². The molecule has 0 aromatic rings. The molecule has 5 rings (SSSR count). The van der Waals surface area contributed by atoms with E-state index in [1.807, 2.05) is 4.90 Å². The summed E-state index contributed by atoms with van der Waals surface area (Å²) in [7, 11) is 0. The molecule has 3 aliphatic carbocycles. The van der Waals surface area contributed by atoms with Gasteiger partial charge in [0.15, 0.2) is 0 Å². The largest absolute Gasteiger partial charge is 0.393 e. The van der Waals surface area contributed by atoms with Crippen LogP contribution in [-0.2, 0) is 9.53 Å². The van der Waals surface area contributed by atoms with Gasteiger partial charge in [0.2, 0.25) is 5.91 Å². The van der Waals surface area contributed by atoms with Crippen LogP contribution in [0.2, 0.25) is 0 Å². The average Bonchev–Trinajstić information content (AvgIpc) is 3.27. The molecule has 2 aliphatic heterocycles. The van der Waals surface area contributed by atoms with Gasteiger partial charge in [-0.15, -0.1) is 0 Å². The molecule has 1 amide bonds. The summed E-state index contributed by atoms with van der Waals surface area (Å²) in [4.78, 5) is 18.4. The van der Waals surface area contributed by atoms with Gasteiger partial charge >= 0.3 is 0 Å². The zero-order valence-electron chi connectivity index (χ0n) is 21.0. The first-order valence-electron chi connectivity index (χ1n) is 14.3. The van der Waals surface area contributed by atoms with Crippen molar-refractivity contribution in [2.45, 2.75) is 82.5 Å². The lowest BCUT2D eigenvalue weighted by atomic mass is 9.75. The smallest absolute Gasteiger partial charge is 0.230 e. The van der Waals surface area contributed by atoms with Crippen LogP contribution in [0.15, 0.2) is 0 Å². The number of hydrogen-bond donors (Lipinski definition) is 3. The number of carbonyl (C=O) groups excluding carboxylic acids is 1. The number of ether oxygens (including phenoxy) is 1. The molecule has 2 saturated heterocycles. The summed E-state index contributed by atoms with van der Waals surface area (Å²) < 4.78 is 6.30. The molecule has 7 heteroatoms. The third-order valence-electron chi connectivity index (χ3n) is 9.58. The number of nitrogens with one attached hydrogen (secondary N) is 1. The quantitative estimate of drug-likeness (QED) is 0.542. The number of amides is 1. The summed E-state index contributed by atoms with van der Waals surface area (Å²) in [5.74, 6) is 2.05. The van der Waals surface area contributed by atoms with Crippen LogP contribution in [0, 0.1) is 29.6 Å². The molecule has 0 aromatic carbocycles. The minimum atomic E-state index is -0.810. The number of likely N-dealkylation sites (tertiary alicyclic amines) is 1. The maximum absolute atomic E-state index is 13.7. The van der Waals surface area contributed by atoms with Crippen LogP contribution in [0.3, 0.4) is 0 Å². The second kappa shape index (κ2) is 11.5. The minimum Gasteiger partial charge on any atom is -0.393 e. The van der Waals surface area contributed by atoms with Gasteiger partial charge in [-0.1, -0.05) is 19.3 Å². The third kappa shape index (κ3) is 5.97. The zero-order valence-corrected chi connectivity index (χ0v) is 21.0. The highest BCUT2D eigenvalue weighted by molar-refractivity contribution is 5.80. The fraction of sp³-hybridized carbons (Fsp3) is 0.963. The van der Waals surface area contributed by atoms with E-state index in [-0.39, 0.29) is 18.4 Å². The van der Waals surface area contributed by atoms with Crippen LogP contribution in [0.5, 0.6) is 0 Å². The lowest BCUT2D eigenvalue weighted by molar-refractivity contribution is -0.158. The molecular weight excluding hydrogens is 430 g/mol. The van der Waals surface area contributed by atoms with Crippen molar-refractivity contribution in [3.63, 3.8) is 0 Å². The van der Waals surface area contributed by atoms with Gasteiger partial charge in [0, 0.05) is 65.3 Å². The Labute approximate surface area is 205 Å². The molecule has 7 nitrogen and oxygen atoms in total. The van der Waals surface area contributed by atoms with E-state index in [1.54, 1.807) is 0 Å². The van der Waals surface area contributed by atoms with E-state index < -0.39 is 18.1 Å². The van der Waals surface area contributed by atoms with Crippen LogP contribution < -0.4 is 5.32 Å². The van der Waals surface area contributed by atoms with Crippen LogP contribution in [-0.4, -0.2) is 96.7 Å². The molecule has 5 aliphatic rings. The molecule has 3 N–H and O–H groups in total. The SMILES string of the molecule is O=C(C1C(O)CC(O)CC1OCC1CCCCC1)N1CC2CCC(CN3CCNCC3)CC2C1. The highest BCUT2D eigenvalue weighted by Gasteiger charge is 2.47. The Balaban J connectivity index is 1.17. The van der Waals surface area contributed by atoms with Crippen molar-refractivity contribution >= 4 is 5.91 Å². The summed E-state index contributed by atoms with van der Waals surface area (Å²) in [6.07, 6.45) is 8.95. The van der Waals surface area contributed by atoms with E-state index >= 15 is 0 Å². The highest BCUT2D eigenvalue weighted by Crippen LogP contribution is 2.41. The maximum Gasteiger partial charge on any atom is 0.230 e. The van der Waals surface area contributed by atoms with Gasteiger partial charge in [-0.05, 0) is 55.8 Å². The number of piperazine rings is 1. The zero-order chi connectivity index (χ0) is 23.5. The number of fused-ring (bicyclic) bond motifs is 1. The van der Waals surface area contributed by atoms with E-state index in [0.29, 0.717) is 30.8 Å². The Morgan fingerprint density at radius 1 is 0.882 bits per heavy atom. The average molecular weight is 478 g/mol. The molecule has 34 heavy (non-hydrogen) atoms. The normalized spacial score (nSPS) is 40.3. The predicted molar refractivity (Wildman–Crippen MR) is 131 cm³/mol. The first-order valence-corrected chi connectivity index (χ1v) is 14.3. The molecule has 0 radical (unpaired) electrons. The molecule has 7 unspecified atom stereocenters. The van der Waals surface area contributed by atoms with E-state index in [0.717, 1.165) is 45.2 Å².